The van der Waals surface area contributed by atoms with Gasteiger partial charge in [-0.15, -0.1) is 11.3 Å². The average molecular weight is 328 g/mol. The lowest BCUT2D eigenvalue weighted by Crippen LogP contribution is -2.15. The monoisotopic (exact) mass is 327 g/mol. The predicted molar refractivity (Wildman–Crippen MR) is 79.8 cm³/mol. The summed E-state index contributed by atoms with van der Waals surface area (Å²) in [7, 11) is 1.26. The number of aryl methyl sites for hydroxylation is 1. The van der Waals surface area contributed by atoms with Crippen LogP contribution in [0.3, 0.4) is 0 Å². The molecule has 1 aromatic carbocycles. The second-order valence-corrected chi connectivity index (χ2v) is 5.43. The van der Waals surface area contributed by atoms with Crippen LogP contribution in [0.25, 0.3) is 0 Å². The number of amides is 1. The highest BCUT2D eigenvalue weighted by Gasteiger charge is 2.21. The molecule has 0 saturated carbocycles. The first kappa shape index (κ1) is 15.5. The van der Waals surface area contributed by atoms with Gasteiger partial charge in [0.1, 0.15) is 10.7 Å². The van der Waals surface area contributed by atoms with Crippen molar-refractivity contribution in [3.05, 3.63) is 50.4 Å². The Kier molecular flexibility index (Phi) is 4.59. The molecule has 0 atom stereocenters. The van der Waals surface area contributed by atoms with E-state index < -0.39 is 17.7 Å². The van der Waals surface area contributed by atoms with Crippen LogP contribution in [0.15, 0.2) is 23.6 Å². The highest BCUT2D eigenvalue weighted by atomic mass is 35.5. The average Bonchev–Trinajstić information content (AvgIpc) is 2.82. The van der Waals surface area contributed by atoms with Crippen LogP contribution in [0.4, 0.5) is 10.1 Å². The summed E-state index contributed by atoms with van der Waals surface area (Å²) in [4.78, 5) is 24.1. The van der Waals surface area contributed by atoms with Crippen molar-refractivity contribution in [2.75, 3.05) is 12.4 Å². The number of esters is 1. The lowest BCUT2D eigenvalue weighted by molar-refractivity contribution is 0.0607. The summed E-state index contributed by atoms with van der Waals surface area (Å²) in [6.45, 7) is 1.74. The van der Waals surface area contributed by atoms with Crippen molar-refractivity contribution in [3.63, 3.8) is 0 Å². The number of halogens is 2. The van der Waals surface area contributed by atoms with Gasteiger partial charge in [-0.1, -0.05) is 17.7 Å². The second kappa shape index (κ2) is 6.24. The molecule has 1 amide bonds. The Morgan fingerprint density at radius 3 is 2.76 bits per heavy atom. The van der Waals surface area contributed by atoms with Gasteiger partial charge in [-0.05, 0) is 30.0 Å². The summed E-state index contributed by atoms with van der Waals surface area (Å²) in [6, 6.07) is 3.95. The Labute approximate surface area is 129 Å². The molecule has 0 saturated heterocycles. The van der Waals surface area contributed by atoms with Gasteiger partial charge in [0.05, 0.1) is 23.4 Å². The normalized spacial score (nSPS) is 10.3. The van der Waals surface area contributed by atoms with Crippen molar-refractivity contribution in [2.24, 2.45) is 0 Å². The van der Waals surface area contributed by atoms with E-state index in [-0.39, 0.29) is 15.5 Å². The molecule has 0 aliphatic carbocycles. The van der Waals surface area contributed by atoms with Crippen LogP contribution in [0.1, 0.15) is 25.6 Å². The molecule has 2 aromatic rings. The number of nitrogens with one attached hydrogen (secondary N) is 1. The number of thiophene rings is 1. The predicted octanol–water partition coefficient (Wildman–Crippen LogP) is 3.89. The quantitative estimate of drug-likeness (QED) is 0.870. The maximum absolute atomic E-state index is 13.4. The number of anilines is 1. The fraction of sp³-hybridized carbons (Fsp3) is 0.143. The zero-order valence-corrected chi connectivity index (χ0v) is 12.8. The third-order valence-corrected chi connectivity index (χ3v) is 4.24. The van der Waals surface area contributed by atoms with Crippen molar-refractivity contribution < 1.29 is 18.7 Å². The third kappa shape index (κ3) is 3.06. The lowest BCUT2D eigenvalue weighted by atomic mass is 10.2. The van der Waals surface area contributed by atoms with E-state index in [2.05, 4.69) is 10.1 Å². The van der Waals surface area contributed by atoms with Crippen molar-refractivity contribution in [1.29, 1.82) is 0 Å². The summed E-state index contributed by atoms with van der Waals surface area (Å²) >= 11 is 6.93. The van der Waals surface area contributed by atoms with Gasteiger partial charge in [0, 0.05) is 0 Å². The number of rotatable bonds is 3. The van der Waals surface area contributed by atoms with Crippen LogP contribution in [0, 0.1) is 12.7 Å². The molecular formula is C14H11ClFNO3S. The molecule has 7 heteroatoms. The summed E-state index contributed by atoms with van der Waals surface area (Å²) < 4.78 is 18.0. The third-order valence-electron chi connectivity index (χ3n) is 2.78. The zero-order valence-electron chi connectivity index (χ0n) is 11.2. The Hall–Kier alpha value is -1.92. The molecule has 21 heavy (non-hydrogen) atoms. The Morgan fingerprint density at radius 2 is 2.10 bits per heavy atom. The van der Waals surface area contributed by atoms with E-state index in [0.717, 1.165) is 17.4 Å². The SMILES string of the molecule is COC(=O)c1scc(C)c1NC(=O)c1cccc(F)c1Cl. The van der Waals surface area contributed by atoms with Gasteiger partial charge in [-0.3, -0.25) is 4.79 Å². The number of carbonyl (C=O) groups is 2. The van der Waals surface area contributed by atoms with Crippen LogP contribution < -0.4 is 5.32 Å². The topological polar surface area (TPSA) is 55.4 Å². The second-order valence-electron chi connectivity index (χ2n) is 4.17. The molecule has 2 rings (SSSR count). The van der Waals surface area contributed by atoms with E-state index >= 15 is 0 Å². The van der Waals surface area contributed by atoms with E-state index in [1.807, 2.05) is 0 Å². The molecule has 1 N–H and O–H groups in total. The number of ether oxygens (including phenoxy) is 1. The van der Waals surface area contributed by atoms with Crippen LogP contribution in [-0.4, -0.2) is 19.0 Å². The first-order chi connectivity index (χ1) is 9.95. The molecule has 1 aromatic heterocycles. The molecule has 0 aliphatic rings. The molecular weight excluding hydrogens is 317 g/mol. The van der Waals surface area contributed by atoms with E-state index in [1.54, 1.807) is 12.3 Å². The highest BCUT2D eigenvalue weighted by Crippen LogP contribution is 2.29. The summed E-state index contributed by atoms with van der Waals surface area (Å²) in [5, 5.41) is 4.03. The Balaban J connectivity index is 2.34. The lowest BCUT2D eigenvalue weighted by Gasteiger charge is -2.08. The van der Waals surface area contributed by atoms with E-state index in [0.29, 0.717) is 11.3 Å². The molecule has 0 aliphatic heterocycles. The minimum atomic E-state index is -0.681. The first-order valence-electron chi connectivity index (χ1n) is 5.87. The Bertz CT molecular complexity index is 714. The smallest absolute Gasteiger partial charge is 0.350 e. The van der Waals surface area contributed by atoms with Crippen molar-refractivity contribution in [3.8, 4) is 0 Å². The number of methoxy groups -OCH3 is 1. The molecule has 4 nitrogen and oxygen atoms in total. The molecule has 110 valence electrons. The van der Waals surface area contributed by atoms with Gasteiger partial charge in [0.15, 0.2) is 0 Å². The molecule has 1 heterocycles. The maximum Gasteiger partial charge on any atom is 0.350 e. The van der Waals surface area contributed by atoms with Crippen molar-refractivity contribution in [2.45, 2.75) is 6.92 Å². The summed E-state index contributed by atoms with van der Waals surface area (Å²) in [5.41, 5.74) is 1.05. The molecule has 0 unspecified atom stereocenters. The molecule has 0 bridgehead atoms. The maximum atomic E-state index is 13.4. The minimum absolute atomic E-state index is 0.00178. The van der Waals surface area contributed by atoms with Gasteiger partial charge in [-0.25, -0.2) is 9.18 Å². The van der Waals surface area contributed by atoms with Crippen molar-refractivity contribution >= 4 is 40.5 Å². The fourth-order valence-electron chi connectivity index (χ4n) is 1.70. The zero-order chi connectivity index (χ0) is 15.6. The number of carbonyl (C=O) groups excluding carboxylic acids is 2. The van der Waals surface area contributed by atoms with Crippen LogP contribution in [-0.2, 0) is 4.74 Å². The fourth-order valence-corrected chi connectivity index (χ4v) is 2.84. The van der Waals surface area contributed by atoms with E-state index in [1.165, 1.54) is 19.2 Å². The van der Waals surface area contributed by atoms with Crippen molar-refractivity contribution in [1.82, 2.24) is 0 Å². The standard InChI is InChI=1S/C14H11ClFNO3S/c1-7-6-21-12(14(19)20-2)11(7)17-13(18)8-4-3-5-9(16)10(8)15/h3-6H,1-2H3,(H,17,18). The van der Waals surface area contributed by atoms with Gasteiger partial charge in [0.25, 0.3) is 5.91 Å². The number of hydrogen-bond donors (Lipinski definition) is 1. The molecule has 0 spiro atoms. The van der Waals surface area contributed by atoms with E-state index in [4.69, 9.17) is 11.6 Å². The number of hydrogen-bond acceptors (Lipinski definition) is 4. The van der Waals surface area contributed by atoms with Gasteiger partial charge < -0.3 is 10.1 Å². The number of benzene rings is 1. The van der Waals surface area contributed by atoms with Gasteiger partial charge >= 0.3 is 5.97 Å². The van der Waals surface area contributed by atoms with Gasteiger partial charge in [-0.2, -0.15) is 0 Å². The first-order valence-corrected chi connectivity index (χ1v) is 7.13. The Morgan fingerprint density at radius 1 is 1.38 bits per heavy atom. The molecule has 0 fully saturated rings. The summed E-state index contributed by atoms with van der Waals surface area (Å²) in [6.07, 6.45) is 0. The minimum Gasteiger partial charge on any atom is -0.465 e. The van der Waals surface area contributed by atoms with Crippen LogP contribution in [0.5, 0.6) is 0 Å². The van der Waals surface area contributed by atoms with E-state index in [9.17, 15) is 14.0 Å². The summed E-state index contributed by atoms with van der Waals surface area (Å²) in [5.74, 6) is -1.82. The largest absolute Gasteiger partial charge is 0.465 e. The molecule has 0 radical (unpaired) electrons. The van der Waals surface area contributed by atoms with Gasteiger partial charge in [0.2, 0.25) is 0 Å². The van der Waals surface area contributed by atoms with Crippen LogP contribution >= 0.6 is 22.9 Å². The van der Waals surface area contributed by atoms with Crippen LogP contribution in [0.2, 0.25) is 5.02 Å². The highest BCUT2D eigenvalue weighted by molar-refractivity contribution is 7.12.